The van der Waals surface area contributed by atoms with Gasteiger partial charge in [-0.25, -0.2) is 0 Å². The predicted molar refractivity (Wildman–Crippen MR) is 73.0 cm³/mol. The Morgan fingerprint density at radius 3 is 2.74 bits per heavy atom. The minimum atomic E-state index is 0.0217. The van der Waals surface area contributed by atoms with Crippen LogP contribution in [0.5, 0.6) is 0 Å². The molecule has 104 valence electrons. The number of nitrogens with one attached hydrogen (secondary N) is 1. The van der Waals surface area contributed by atoms with Crippen LogP contribution in [-0.2, 0) is 13.5 Å². The van der Waals surface area contributed by atoms with E-state index in [1.54, 1.807) is 4.68 Å². The molecule has 4 heterocycles. The zero-order chi connectivity index (χ0) is 13.4. The summed E-state index contributed by atoms with van der Waals surface area (Å²) in [6.07, 6.45) is 3.30. The van der Waals surface area contributed by atoms with Crippen molar-refractivity contribution in [1.82, 2.24) is 20.0 Å². The first kappa shape index (κ1) is 12.7. The minimum absolute atomic E-state index is 0.0217. The van der Waals surface area contributed by atoms with Gasteiger partial charge in [-0.2, -0.15) is 5.10 Å². The first-order valence-electron chi connectivity index (χ1n) is 7.23. The second-order valence-electron chi connectivity index (χ2n) is 5.72. The molecular formula is C14H22N4O. The van der Waals surface area contributed by atoms with Crippen molar-refractivity contribution in [2.45, 2.75) is 32.2 Å². The summed E-state index contributed by atoms with van der Waals surface area (Å²) in [6.45, 7) is 5.46. The number of aryl methyl sites for hydroxylation is 2. The van der Waals surface area contributed by atoms with E-state index in [4.69, 9.17) is 0 Å². The van der Waals surface area contributed by atoms with E-state index in [9.17, 15) is 4.79 Å². The summed E-state index contributed by atoms with van der Waals surface area (Å²) in [6, 6.07) is 2.21. The fourth-order valence-electron chi connectivity index (χ4n) is 3.28. The molecule has 0 saturated carbocycles. The van der Waals surface area contributed by atoms with Gasteiger partial charge in [-0.15, -0.1) is 0 Å². The third kappa shape index (κ3) is 2.39. The Labute approximate surface area is 114 Å². The summed E-state index contributed by atoms with van der Waals surface area (Å²) in [4.78, 5) is 14.8. The normalized spacial score (nSPS) is 29.5. The highest BCUT2D eigenvalue weighted by Crippen LogP contribution is 2.27. The fourth-order valence-corrected chi connectivity index (χ4v) is 3.28. The number of rotatable bonds is 3. The maximum atomic E-state index is 12.3. The van der Waals surface area contributed by atoms with E-state index in [0.717, 1.165) is 18.7 Å². The van der Waals surface area contributed by atoms with E-state index in [0.29, 0.717) is 17.7 Å². The summed E-state index contributed by atoms with van der Waals surface area (Å²) in [5.74, 6) is 0.682. The molecule has 5 heteroatoms. The number of amides is 1. The molecule has 3 fully saturated rings. The topological polar surface area (TPSA) is 50.2 Å². The molecule has 0 spiro atoms. The van der Waals surface area contributed by atoms with Gasteiger partial charge in [-0.1, -0.05) is 6.92 Å². The number of carbonyl (C=O) groups excluding carboxylic acids is 1. The van der Waals surface area contributed by atoms with E-state index < -0.39 is 0 Å². The predicted octanol–water partition coefficient (Wildman–Crippen LogP) is 0.806. The van der Waals surface area contributed by atoms with Crippen LogP contribution in [0.1, 0.15) is 35.9 Å². The van der Waals surface area contributed by atoms with Gasteiger partial charge in [0, 0.05) is 19.6 Å². The molecule has 19 heavy (non-hydrogen) atoms. The van der Waals surface area contributed by atoms with Gasteiger partial charge in [0.1, 0.15) is 5.69 Å². The van der Waals surface area contributed by atoms with E-state index in [1.165, 1.54) is 25.9 Å². The molecule has 5 nitrogen and oxygen atoms in total. The Morgan fingerprint density at radius 2 is 2.21 bits per heavy atom. The van der Waals surface area contributed by atoms with Gasteiger partial charge in [0.25, 0.3) is 5.91 Å². The summed E-state index contributed by atoms with van der Waals surface area (Å²) >= 11 is 0. The van der Waals surface area contributed by atoms with E-state index in [2.05, 4.69) is 22.2 Å². The van der Waals surface area contributed by atoms with Gasteiger partial charge in [0.2, 0.25) is 0 Å². The van der Waals surface area contributed by atoms with Crippen LogP contribution < -0.4 is 5.32 Å². The van der Waals surface area contributed by atoms with Crippen LogP contribution in [0.15, 0.2) is 6.07 Å². The molecule has 3 aliphatic rings. The largest absolute Gasteiger partial charge is 0.346 e. The van der Waals surface area contributed by atoms with Crippen LogP contribution in [0.4, 0.5) is 0 Å². The average molecular weight is 262 g/mol. The highest BCUT2D eigenvalue weighted by Gasteiger charge is 2.35. The smallest absolute Gasteiger partial charge is 0.269 e. The van der Waals surface area contributed by atoms with Crippen molar-refractivity contribution in [1.29, 1.82) is 0 Å². The van der Waals surface area contributed by atoms with E-state index in [-0.39, 0.29) is 5.91 Å². The Balaban J connectivity index is 1.69. The lowest BCUT2D eigenvalue weighted by Crippen LogP contribution is -2.57. The molecular weight excluding hydrogens is 240 g/mol. The highest BCUT2D eigenvalue weighted by atomic mass is 16.2. The molecule has 1 aromatic rings. The Kier molecular flexibility index (Phi) is 3.31. The fraction of sp³-hybridized carbons (Fsp3) is 0.714. The van der Waals surface area contributed by atoms with Gasteiger partial charge in [0.15, 0.2) is 0 Å². The van der Waals surface area contributed by atoms with Crippen molar-refractivity contribution in [2.24, 2.45) is 13.0 Å². The molecule has 1 N–H and O–H groups in total. The number of hydrogen-bond donors (Lipinski definition) is 1. The minimum Gasteiger partial charge on any atom is -0.346 e. The second kappa shape index (κ2) is 4.96. The van der Waals surface area contributed by atoms with Crippen molar-refractivity contribution in [3.05, 3.63) is 17.5 Å². The van der Waals surface area contributed by atoms with Crippen LogP contribution in [0.2, 0.25) is 0 Å². The number of hydrogen-bond acceptors (Lipinski definition) is 3. The maximum absolute atomic E-state index is 12.3. The highest BCUT2D eigenvalue weighted by molar-refractivity contribution is 5.92. The maximum Gasteiger partial charge on any atom is 0.269 e. The molecule has 1 amide bonds. The monoisotopic (exact) mass is 262 g/mol. The average Bonchev–Trinajstić information content (AvgIpc) is 2.81. The number of fused-ring (bicyclic) bond motifs is 3. The number of nitrogens with zero attached hydrogens (tertiary/aromatic N) is 3. The zero-order valence-electron chi connectivity index (χ0n) is 11.7. The lowest BCUT2D eigenvalue weighted by molar-refractivity contribution is 0.0615. The van der Waals surface area contributed by atoms with Gasteiger partial charge in [-0.3, -0.25) is 9.48 Å². The van der Waals surface area contributed by atoms with Gasteiger partial charge >= 0.3 is 0 Å². The van der Waals surface area contributed by atoms with Gasteiger partial charge in [-0.05, 0) is 44.3 Å². The first-order chi connectivity index (χ1) is 9.17. The number of aromatic nitrogens is 2. The molecule has 4 rings (SSSR count). The lowest BCUT2D eigenvalue weighted by atomic mass is 9.84. The van der Waals surface area contributed by atoms with Crippen molar-refractivity contribution in [3.8, 4) is 0 Å². The van der Waals surface area contributed by atoms with Crippen LogP contribution in [0.25, 0.3) is 0 Å². The molecule has 1 unspecified atom stereocenters. The summed E-state index contributed by atoms with van der Waals surface area (Å²) in [7, 11) is 1.84. The second-order valence-corrected chi connectivity index (χ2v) is 5.72. The molecule has 0 aliphatic carbocycles. The SMILES string of the molecule is CCc1cc(C(=O)NC2CN3CCC2CC3)n(C)n1. The van der Waals surface area contributed by atoms with E-state index in [1.807, 2.05) is 13.1 Å². The Hall–Kier alpha value is -1.36. The Morgan fingerprint density at radius 1 is 1.47 bits per heavy atom. The summed E-state index contributed by atoms with van der Waals surface area (Å²) in [5.41, 5.74) is 1.65. The summed E-state index contributed by atoms with van der Waals surface area (Å²) < 4.78 is 1.69. The quantitative estimate of drug-likeness (QED) is 0.877. The van der Waals surface area contributed by atoms with Crippen molar-refractivity contribution in [2.75, 3.05) is 19.6 Å². The van der Waals surface area contributed by atoms with Crippen molar-refractivity contribution >= 4 is 5.91 Å². The number of piperidine rings is 3. The van der Waals surface area contributed by atoms with E-state index >= 15 is 0 Å². The molecule has 0 aromatic carbocycles. The molecule has 1 aromatic heterocycles. The number of carbonyl (C=O) groups is 1. The van der Waals surface area contributed by atoms with Crippen LogP contribution in [0.3, 0.4) is 0 Å². The molecule has 3 saturated heterocycles. The van der Waals surface area contributed by atoms with Crippen molar-refractivity contribution in [3.63, 3.8) is 0 Å². The van der Waals surface area contributed by atoms with Gasteiger partial charge < -0.3 is 10.2 Å². The lowest BCUT2D eigenvalue weighted by Gasteiger charge is -2.44. The van der Waals surface area contributed by atoms with Crippen LogP contribution in [-0.4, -0.2) is 46.3 Å². The third-order valence-corrected chi connectivity index (χ3v) is 4.50. The summed E-state index contributed by atoms with van der Waals surface area (Å²) in [5, 5.41) is 7.54. The third-order valence-electron chi connectivity index (χ3n) is 4.50. The molecule has 3 aliphatic heterocycles. The van der Waals surface area contributed by atoms with Crippen LogP contribution >= 0.6 is 0 Å². The van der Waals surface area contributed by atoms with Crippen molar-refractivity contribution < 1.29 is 4.79 Å². The van der Waals surface area contributed by atoms with Crippen LogP contribution in [0, 0.1) is 5.92 Å². The van der Waals surface area contributed by atoms with Gasteiger partial charge in [0.05, 0.1) is 5.69 Å². The molecule has 1 atom stereocenters. The zero-order valence-corrected chi connectivity index (χ0v) is 11.7. The molecule has 0 radical (unpaired) electrons. The Bertz CT molecular complexity index is 474. The first-order valence-corrected chi connectivity index (χ1v) is 7.23. The molecule has 2 bridgehead atoms. The standard InChI is InChI=1S/C14H22N4O/c1-3-11-8-13(17(2)16-11)14(19)15-12-9-18-6-4-10(12)5-7-18/h8,10,12H,3-7,9H2,1-2H3,(H,15,19).